The second kappa shape index (κ2) is 8.72. The quantitative estimate of drug-likeness (QED) is 0.659. The highest BCUT2D eigenvalue weighted by molar-refractivity contribution is 5.92. The molecule has 0 fully saturated rings. The molecule has 0 saturated heterocycles. The predicted molar refractivity (Wildman–Crippen MR) is 110 cm³/mol. The molecule has 3 aromatic rings. The third-order valence-electron chi connectivity index (χ3n) is 4.55. The number of anilines is 1. The minimum atomic E-state index is -0.260. The number of tetrazole rings is 1. The van der Waals surface area contributed by atoms with Crippen molar-refractivity contribution in [3.05, 3.63) is 53.3 Å². The summed E-state index contributed by atoms with van der Waals surface area (Å²) < 4.78 is 12.7. The lowest BCUT2D eigenvalue weighted by molar-refractivity contribution is -0.118. The number of rotatable bonds is 7. The zero-order valence-corrected chi connectivity index (χ0v) is 17.3. The summed E-state index contributed by atoms with van der Waals surface area (Å²) >= 11 is 0. The molecule has 0 radical (unpaired) electrons. The van der Waals surface area contributed by atoms with E-state index in [4.69, 9.17) is 9.47 Å². The first-order valence-corrected chi connectivity index (χ1v) is 9.35. The van der Waals surface area contributed by atoms with E-state index in [2.05, 4.69) is 40.8 Å². The molecule has 2 aromatic carbocycles. The van der Waals surface area contributed by atoms with Crippen molar-refractivity contribution in [2.75, 3.05) is 19.0 Å². The molecule has 29 heavy (non-hydrogen) atoms. The van der Waals surface area contributed by atoms with E-state index in [-0.39, 0.29) is 12.5 Å². The molecule has 8 heteroatoms. The summed E-state index contributed by atoms with van der Waals surface area (Å²) in [5.41, 5.74) is 3.39. The van der Waals surface area contributed by atoms with E-state index in [1.54, 1.807) is 36.9 Å². The van der Waals surface area contributed by atoms with Crippen molar-refractivity contribution in [3.63, 3.8) is 0 Å². The first-order chi connectivity index (χ1) is 13.9. The lowest BCUT2D eigenvalue weighted by Gasteiger charge is -2.14. The Morgan fingerprint density at radius 3 is 2.59 bits per heavy atom. The Morgan fingerprint density at radius 1 is 1.14 bits per heavy atom. The van der Waals surface area contributed by atoms with Crippen LogP contribution < -0.4 is 14.8 Å². The van der Waals surface area contributed by atoms with Crippen LogP contribution in [0, 0.1) is 13.8 Å². The number of hydrogen-bond donors (Lipinski definition) is 1. The van der Waals surface area contributed by atoms with Gasteiger partial charge >= 0.3 is 0 Å². The van der Waals surface area contributed by atoms with E-state index in [1.165, 1.54) is 5.56 Å². The number of carbonyl (C=O) groups is 1. The second-order valence-corrected chi connectivity index (χ2v) is 7.04. The molecule has 1 heterocycles. The van der Waals surface area contributed by atoms with Crippen LogP contribution in [0.4, 0.5) is 5.69 Å². The number of nitrogens with one attached hydrogen (secondary N) is 1. The minimum Gasteiger partial charge on any atom is -0.494 e. The fourth-order valence-corrected chi connectivity index (χ4v) is 2.86. The third kappa shape index (κ3) is 4.71. The molecule has 0 aliphatic heterocycles. The lowest BCUT2D eigenvalue weighted by atomic mass is 10.0. The summed E-state index contributed by atoms with van der Waals surface area (Å²) in [7, 11) is 1.57. The van der Waals surface area contributed by atoms with Crippen LogP contribution >= 0.6 is 0 Å². The minimum absolute atomic E-state index is 0.0896. The number of carbonyl (C=O) groups excluding carboxylic acids is 1. The molecule has 0 unspecified atom stereocenters. The van der Waals surface area contributed by atoms with Crippen LogP contribution in [0.1, 0.15) is 36.7 Å². The Balaban J connectivity index is 1.72. The van der Waals surface area contributed by atoms with Crippen molar-refractivity contribution in [1.29, 1.82) is 0 Å². The van der Waals surface area contributed by atoms with Gasteiger partial charge in [-0.2, -0.15) is 4.68 Å². The molecule has 0 aliphatic rings. The van der Waals surface area contributed by atoms with Crippen LogP contribution in [0.3, 0.4) is 0 Å². The topological polar surface area (TPSA) is 91.2 Å². The number of aromatic nitrogens is 4. The standard InChI is InChI=1S/C21H25N5O3/c1-13(2)16-7-6-14(3)20(10-16)29-12-21(27)22-17-8-9-19(28-5)18(11-17)26-15(4)23-24-25-26/h6-11,13H,12H2,1-5H3,(H,22,27). The van der Waals surface area contributed by atoms with Crippen LogP contribution in [0.15, 0.2) is 36.4 Å². The Kier molecular flexibility index (Phi) is 6.11. The summed E-state index contributed by atoms with van der Waals surface area (Å²) in [4.78, 5) is 12.4. The summed E-state index contributed by atoms with van der Waals surface area (Å²) in [5.74, 6) is 2.04. The normalized spacial score (nSPS) is 10.8. The Bertz CT molecular complexity index is 1010. The Hall–Kier alpha value is -3.42. The van der Waals surface area contributed by atoms with Crippen molar-refractivity contribution < 1.29 is 14.3 Å². The maximum absolute atomic E-state index is 12.4. The van der Waals surface area contributed by atoms with Gasteiger partial charge in [0.25, 0.3) is 5.91 Å². The average Bonchev–Trinajstić information content (AvgIpc) is 3.12. The van der Waals surface area contributed by atoms with Gasteiger partial charge in [-0.1, -0.05) is 26.0 Å². The monoisotopic (exact) mass is 395 g/mol. The first kappa shape index (κ1) is 20.3. The molecule has 3 rings (SSSR count). The highest BCUT2D eigenvalue weighted by atomic mass is 16.5. The van der Waals surface area contributed by atoms with Crippen molar-refractivity contribution in [2.24, 2.45) is 0 Å². The van der Waals surface area contributed by atoms with Gasteiger partial charge in [0.15, 0.2) is 12.4 Å². The summed E-state index contributed by atoms with van der Waals surface area (Å²) in [6.45, 7) is 7.89. The largest absolute Gasteiger partial charge is 0.494 e. The van der Waals surface area contributed by atoms with Crippen LogP contribution in [-0.2, 0) is 4.79 Å². The highest BCUT2D eigenvalue weighted by Gasteiger charge is 2.13. The van der Waals surface area contributed by atoms with E-state index in [0.717, 1.165) is 5.56 Å². The van der Waals surface area contributed by atoms with E-state index >= 15 is 0 Å². The zero-order chi connectivity index (χ0) is 21.0. The van der Waals surface area contributed by atoms with Gasteiger partial charge in [0.05, 0.1) is 7.11 Å². The van der Waals surface area contributed by atoms with Gasteiger partial charge in [-0.25, -0.2) is 0 Å². The van der Waals surface area contributed by atoms with Gasteiger partial charge in [0.2, 0.25) is 0 Å². The molecule has 1 aromatic heterocycles. The molecular weight excluding hydrogens is 370 g/mol. The summed E-state index contributed by atoms with van der Waals surface area (Å²) in [6.07, 6.45) is 0. The van der Waals surface area contributed by atoms with Gasteiger partial charge in [0.1, 0.15) is 17.2 Å². The van der Waals surface area contributed by atoms with Crippen LogP contribution in [0.5, 0.6) is 11.5 Å². The van der Waals surface area contributed by atoms with Gasteiger partial charge < -0.3 is 14.8 Å². The van der Waals surface area contributed by atoms with Crippen molar-refractivity contribution in [2.45, 2.75) is 33.6 Å². The molecule has 0 bridgehead atoms. The third-order valence-corrected chi connectivity index (χ3v) is 4.55. The predicted octanol–water partition coefficient (Wildman–Crippen LogP) is 3.43. The highest BCUT2D eigenvalue weighted by Crippen LogP contribution is 2.27. The van der Waals surface area contributed by atoms with Crippen molar-refractivity contribution in [1.82, 2.24) is 20.2 Å². The Morgan fingerprint density at radius 2 is 1.93 bits per heavy atom. The number of aryl methyl sites for hydroxylation is 2. The number of methoxy groups -OCH3 is 1. The van der Waals surface area contributed by atoms with E-state index in [0.29, 0.717) is 34.6 Å². The molecule has 0 aliphatic carbocycles. The smallest absolute Gasteiger partial charge is 0.262 e. The first-order valence-electron chi connectivity index (χ1n) is 9.35. The number of nitrogens with zero attached hydrogens (tertiary/aromatic N) is 4. The number of amides is 1. The van der Waals surface area contributed by atoms with E-state index in [1.807, 2.05) is 19.1 Å². The molecule has 0 atom stereocenters. The zero-order valence-electron chi connectivity index (χ0n) is 17.3. The molecule has 8 nitrogen and oxygen atoms in total. The molecule has 152 valence electrons. The fourth-order valence-electron chi connectivity index (χ4n) is 2.86. The van der Waals surface area contributed by atoms with Gasteiger partial charge in [0, 0.05) is 5.69 Å². The van der Waals surface area contributed by atoms with Crippen molar-refractivity contribution in [3.8, 4) is 17.2 Å². The lowest BCUT2D eigenvalue weighted by Crippen LogP contribution is -2.20. The maximum Gasteiger partial charge on any atom is 0.262 e. The van der Waals surface area contributed by atoms with Crippen molar-refractivity contribution >= 4 is 11.6 Å². The second-order valence-electron chi connectivity index (χ2n) is 7.04. The van der Waals surface area contributed by atoms with Gasteiger partial charge in [-0.15, -0.1) is 5.10 Å². The maximum atomic E-state index is 12.4. The Labute approximate surface area is 169 Å². The van der Waals surface area contributed by atoms with Crippen LogP contribution in [0.25, 0.3) is 5.69 Å². The molecule has 1 amide bonds. The molecule has 0 saturated carbocycles. The summed E-state index contributed by atoms with van der Waals surface area (Å²) in [6, 6.07) is 11.3. The van der Waals surface area contributed by atoms with Gasteiger partial charge in [-0.3, -0.25) is 4.79 Å². The number of benzene rings is 2. The SMILES string of the molecule is COc1ccc(NC(=O)COc2cc(C(C)C)ccc2C)cc1-n1nnnc1C. The van der Waals surface area contributed by atoms with E-state index in [9.17, 15) is 4.79 Å². The van der Waals surface area contributed by atoms with Crippen LogP contribution in [0.2, 0.25) is 0 Å². The van der Waals surface area contributed by atoms with Crippen LogP contribution in [-0.4, -0.2) is 39.8 Å². The molecule has 0 spiro atoms. The van der Waals surface area contributed by atoms with E-state index < -0.39 is 0 Å². The average molecular weight is 395 g/mol. The van der Waals surface area contributed by atoms with Gasteiger partial charge in [-0.05, 0) is 65.6 Å². The number of hydrogen-bond acceptors (Lipinski definition) is 6. The summed E-state index contributed by atoms with van der Waals surface area (Å²) in [5, 5.41) is 14.3. The molecular formula is C21H25N5O3. The fraction of sp³-hybridized carbons (Fsp3) is 0.333. The molecule has 1 N–H and O–H groups in total. The number of ether oxygens (including phenoxy) is 2.